The number of nitrogens with two attached hydrogens (primary N) is 1. The van der Waals surface area contributed by atoms with Gasteiger partial charge in [0.2, 0.25) is 11.7 Å². The molecule has 3 rings (SSSR count). The summed E-state index contributed by atoms with van der Waals surface area (Å²) in [5, 5.41) is 8.55. The molecule has 1 amide bonds. The van der Waals surface area contributed by atoms with Crippen molar-refractivity contribution in [2.45, 2.75) is 42.9 Å². The maximum absolute atomic E-state index is 14.3. The number of rotatable bonds is 5. The van der Waals surface area contributed by atoms with Crippen LogP contribution in [0.4, 0.5) is 14.5 Å². The second kappa shape index (κ2) is 9.39. The minimum Gasteiger partial charge on any atom is -0.493 e. The maximum atomic E-state index is 14.3. The van der Waals surface area contributed by atoms with Crippen molar-refractivity contribution >= 4 is 23.5 Å². The first-order valence-corrected chi connectivity index (χ1v) is 10.2. The minimum atomic E-state index is -1.00. The lowest BCUT2D eigenvalue weighted by atomic mass is 9.81. The number of methoxy groups -OCH3 is 1. The van der Waals surface area contributed by atoms with Crippen molar-refractivity contribution in [3.8, 4) is 5.75 Å². The molecule has 1 aliphatic rings. The van der Waals surface area contributed by atoms with Gasteiger partial charge >= 0.3 is 0 Å². The summed E-state index contributed by atoms with van der Waals surface area (Å²) in [5.41, 5.74) is 1.22. The van der Waals surface area contributed by atoms with E-state index in [1.54, 1.807) is 6.07 Å². The molecule has 0 aromatic heterocycles. The molecule has 1 aliphatic carbocycles. The van der Waals surface area contributed by atoms with Crippen LogP contribution in [0.3, 0.4) is 0 Å². The summed E-state index contributed by atoms with van der Waals surface area (Å²) >= 11 is 1.11. The quantitative estimate of drug-likeness (QED) is 0.526. The molecule has 4 nitrogen and oxygen atoms in total. The molecule has 0 radical (unpaired) electrons. The Morgan fingerprint density at radius 2 is 1.96 bits per heavy atom. The highest BCUT2D eigenvalue weighted by molar-refractivity contribution is 7.97. The molecule has 2 atom stereocenters. The Balaban J connectivity index is 1.91. The lowest BCUT2D eigenvalue weighted by Gasteiger charge is -2.26. The summed E-state index contributed by atoms with van der Waals surface area (Å²) in [4.78, 5) is 13.9. The third-order valence-electron chi connectivity index (χ3n) is 5.27. The van der Waals surface area contributed by atoms with Crippen molar-refractivity contribution in [2.75, 3.05) is 12.4 Å². The van der Waals surface area contributed by atoms with E-state index in [1.807, 2.05) is 24.3 Å². The van der Waals surface area contributed by atoms with Crippen molar-refractivity contribution in [3.63, 3.8) is 0 Å². The second-order valence-electron chi connectivity index (χ2n) is 6.97. The van der Waals surface area contributed by atoms with Gasteiger partial charge in [0, 0.05) is 22.1 Å². The van der Waals surface area contributed by atoms with Gasteiger partial charge in [0.1, 0.15) is 0 Å². The van der Waals surface area contributed by atoms with Crippen molar-refractivity contribution in [1.82, 2.24) is 0 Å². The molecule has 1 saturated carbocycles. The molecule has 0 aliphatic heterocycles. The van der Waals surface area contributed by atoms with Crippen LogP contribution in [0.5, 0.6) is 5.75 Å². The van der Waals surface area contributed by atoms with Gasteiger partial charge in [-0.1, -0.05) is 31.4 Å². The van der Waals surface area contributed by atoms with Crippen LogP contribution in [0.1, 0.15) is 43.6 Å². The van der Waals surface area contributed by atoms with E-state index in [2.05, 4.69) is 5.32 Å². The molecule has 7 heteroatoms. The van der Waals surface area contributed by atoms with Gasteiger partial charge in [-0.25, -0.2) is 4.39 Å². The molecule has 0 saturated heterocycles. The summed E-state index contributed by atoms with van der Waals surface area (Å²) in [5.74, 6) is -2.78. The maximum Gasteiger partial charge on any atom is 0.228 e. The molecule has 3 N–H and O–H groups in total. The molecule has 150 valence electrons. The molecule has 2 unspecified atom stereocenters. The second-order valence-corrected chi connectivity index (χ2v) is 7.68. The number of hydrogen-bond acceptors (Lipinski definition) is 4. The fourth-order valence-corrected chi connectivity index (χ4v) is 4.27. The number of amides is 1. The minimum absolute atomic E-state index is 0.105. The molecule has 0 heterocycles. The Morgan fingerprint density at radius 3 is 2.71 bits per heavy atom. The van der Waals surface area contributed by atoms with Crippen LogP contribution >= 0.6 is 11.9 Å². The fraction of sp³-hybridized carbons (Fsp3) is 0.381. The number of carbonyl (C=O) groups excluding carboxylic acids is 1. The topological polar surface area (TPSA) is 64.3 Å². The van der Waals surface area contributed by atoms with Gasteiger partial charge in [-0.05, 0) is 55.0 Å². The van der Waals surface area contributed by atoms with E-state index in [9.17, 15) is 13.6 Å². The number of hydrogen-bond donors (Lipinski definition) is 2. The predicted octanol–water partition coefficient (Wildman–Crippen LogP) is 5.24. The summed E-state index contributed by atoms with van der Waals surface area (Å²) in [6.45, 7) is 0. The van der Waals surface area contributed by atoms with Crippen molar-refractivity contribution in [2.24, 2.45) is 11.1 Å². The molecule has 28 heavy (non-hydrogen) atoms. The van der Waals surface area contributed by atoms with E-state index in [1.165, 1.54) is 7.11 Å². The van der Waals surface area contributed by atoms with E-state index >= 15 is 0 Å². The first-order chi connectivity index (χ1) is 13.5. The van der Waals surface area contributed by atoms with E-state index in [4.69, 9.17) is 9.88 Å². The third-order valence-corrected chi connectivity index (χ3v) is 5.80. The highest BCUT2D eigenvalue weighted by atomic mass is 32.2. The smallest absolute Gasteiger partial charge is 0.228 e. The van der Waals surface area contributed by atoms with Gasteiger partial charge in [0.15, 0.2) is 11.6 Å². The van der Waals surface area contributed by atoms with Crippen LogP contribution in [-0.2, 0) is 4.79 Å². The first kappa shape index (κ1) is 20.6. The van der Waals surface area contributed by atoms with Gasteiger partial charge in [0.05, 0.1) is 7.11 Å². The Morgan fingerprint density at radius 1 is 1.18 bits per heavy atom. The van der Waals surface area contributed by atoms with Crippen LogP contribution < -0.4 is 15.2 Å². The van der Waals surface area contributed by atoms with Crippen molar-refractivity contribution in [3.05, 3.63) is 53.6 Å². The Labute approximate surface area is 168 Å². The number of carbonyl (C=O) groups is 1. The van der Waals surface area contributed by atoms with Crippen LogP contribution in [0, 0.1) is 17.6 Å². The summed E-state index contributed by atoms with van der Waals surface area (Å²) < 4.78 is 33.1. The number of halogens is 2. The third kappa shape index (κ3) is 4.47. The SMILES string of the molecule is COc1c(C2CCCCCC2C(=O)Nc2cccc(SN)c2)ccc(F)c1F. The molecular formula is C21H24F2N2O2S. The first-order valence-electron chi connectivity index (χ1n) is 9.34. The normalized spacial score (nSPS) is 19.7. The fourth-order valence-electron chi connectivity index (χ4n) is 3.92. The lowest BCUT2D eigenvalue weighted by Crippen LogP contribution is -2.28. The zero-order valence-electron chi connectivity index (χ0n) is 15.7. The van der Waals surface area contributed by atoms with Gasteiger partial charge in [-0.3, -0.25) is 9.93 Å². The average molecular weight is 406 g/mol. The van der Waals surface area contributed by atoms with Crippen LogP contribution in [0.2, 0.25) is 0 Å². The van der Waals surface area contributed by atoms with Gasteiger partial charge in [-0.15, -0.1) is 0 Å². The zero-order chi connectivity index (χ0) is 20.1. The highest BCUT2D eigenvalue weighted by Crippen LogP contribution is 2.42. The number of ether oxygens (including phenoxy) is 1. The number of nitrogens with one attached hydrogen (secondary N) is 1. The summed E-state index contributed by atoms with van der Waals surface area (Å²) in [6, 6.07) is 9.96. The Bertz CT molecular complexity index is 847. The Hall–Kier alpha value is -2.12. The molecular weight excluding hydrogens is 382 g/mol. The van der Waals surface area contributed by atoms with Crippen molar-refractivity contribution in [1.29, 1.82) is 0 Å². The van der Waals surface area contributed by atoms with Crippen molar-refractivity contribution < 1.29 is 18.3 Å². The Kier molecular flexibility index (Phi) is 6.91. The molecule has 1 fully saturated rings. The highest BCUT2D eigenvalue weighted by Gasteiger charge is 2.34. The molecule has 2 aromatic carbocycles. The van der Waals surface area contributed by atoms with E-state index < -0.39 is 11.6 Å². The standard InChI is InChI=1S/C21H24F2N2O2S/c1-27-20-16(10-11-18(22)19(20)23)15-8-3-2-4-9-17(15)21(26)25-13-6-5-7-14(12-13)28-24/h5-7,10-12,15,17H,2-4,8-9,24H2,1H3,(H,25,26). The van der Waals surface area contributed by atoms with Crippen LogP contribution in [-0.4, -0.2) is 13.0 Å². The molecule has 2 aromatic rings. The van der Waals surface area contributed by atoms with Gasteiger partial charge in [-0.2, -0.15) is 4.39 Å². The predicted molar refractivity (Wildman–Crippen MR) is 107 cm³/mol. The molecule has 0 bridgehead atoms. The molecule has 0 spiro atoms. The summed E-state index contributed by atoms with van der Waals surface area (Å²) in [7, 11) is 1.32. The largest absolute Gasteiger partial charge is 0.493 e. The van der Waals surface area contributed by atoms with Gasteiger partial charge in [0.25, 0.3) is 0 Å². The number of anilines is 1. The monoisotopic (exact) mass is 406 g/mol. The van der Waals surface area contributed by atoms with E-state index in [0.717, 1.165) is 48.6 Å². The average Bonchev–Trinajstić information content (AvgIpc) is 2.96. The zero-order valence-corrected chi connectivity index (χ0v) is 16.5. The van der Waals surface area contributed by atoms with E-state index in [0.29, 0.717) is 17.7 Å². The summed E-state index contributed by atoms with van der Waals surface area (Å²) in [6.07, 6.45) is 4.25. The lowest BCUT2D eigenvalue weighted by molar-refractivity contribution is -0.120. The van der Waals surface area contributed by atoms with Crippen LogP contribution in [0.15, 0.2) is 41.3 Å². The van der Waals surface area contributed by atoms with Gasteiger partial charge < -0.3 is 10.1 Å². The van der Waals surface area contributed by atoms with E-state index in [-0.39, 0.29) is 23.5 Å². The van der Waals surface area contributed by atoms with Crippen LogP contribution in [0.25, 0.3) is 0 Å². The number of benzene rings is 2.